The average molecular weight is 484 g/mol. The van der Waals surface area contributed by atoms with E-state index in [4.69, 9.17) is 14.9 Å². The number of unbranched alkanes of at least 4 members (excludes halogenated alkanes) is 12. The van der Waals surface area contributed by atoms with E-state index in [-0.39, 0.29) is 13.0 Å². The normalized spacial score (nSPS) is 15.3. The molecular weight excluding hydrogens is 439 g/mol. The molecule has 0 aromatic carbocycles. The topological polar surface area (TPSA) is 146 Å². The Morgan fingerprint density at radius 1 is 0.781 bits per heavy atom. The first-order valence-corrected chi connectivity index (χ1v) is 13.5. The SMILES string of the molecule is CCCCCCCCCCCCCCCC(=O)OCC(O)COP(=O)([O-])OCC(O)CO. The molecule has 0 aromatic heterocycles. The van der Waals surface area contributed by atoms with Gasteiger partial charge in [-0.3, -0.25) is 9.36 Å². The summed E-state index contributed by atoms with van der Waals surface area (Å²) in [5.41, 5.74) is 0. The number of ether oxygens (including phenoxy) is 1. The van der Waals surface area contributed by atoms with Crippen LogP contribution in [0.4, 0.5) is 0 Å². The third kappa shape index (κ3) is 21.3. The Morgan fingerprint density at radius 3 is 1.69 bits per heavy atom. The molecule has 0 aliphatic heterocycles. The van der Waals surface area contributed by atoms with Gasteiger partial charge in [-0.1, -0.05) is 84.0 Å². The summed E-state index contributed by atoms with van der Waals surface area (Å²) in [5.74, 6) is -0.445. The molecule has 0 saturated carbocycles. The van der Waals surface area contributed by atoms with Gasteiger partial charge in [0, 0.05) is 6.42 Å². The van der Waals surface area contributed by atoms with E-state index >= 15 is 0 Å². The lowest BCUT2D eigenvalue weighted by Gasteiger charge is -2.24. The minimum atomic E-state index is -4.73. The second-order valence-corrected chi connectivity index (χ2v) is 9.62. The number of phosphoric acid groups is 1. The first-order valence-electron chi connectivity index (χ1n) is 12.0. The highest BCUT2D eigenvalue weighted by atomic mass is 31.2. The number of phosphoric ester groups is 1. The number of hydrogen-bond acceptors (Lipinski definition) is 9. The number of carbonyl (C=O) groups is 1. The van der Waals surface area contributed by atoms with Crippen LogP contribution in [0.5, 0.6) is 0 Å². The van der Waals surface area contributed by atoms with Gasteiger partial charge >= 0.3 is 5.97 Å². The van der Waals surface area contributed by atoms with Crippen LogP contribution in [-0.4, -0.2) is 59.9 Å². The van der Waals surface area contributed by atoms with Crippen LogP contribution in [0.15, 0.2) is 0 Å². The highest BCUT2D eigenvalue weighted by molar-refractivity contribution is 7.45. The van der Waals surface area contributed by atoms with Crippen molar-refractivity contribution in [2.45, 2.75) is 109 Å². The third-order valence-electron chi connectivity index (χ3n) is 4.98. The van der Waals surface area contributed by atoms with Crippen molar-refractivity contribution >= 4 is 13.8 Å². The van der Waals surface area contributed by atoms with Gasteiger partial charge in [0.25, 0.3) is 7.82 Å². The molecule has 10 heteroatoms. The number of carbonyl (C=O) groups excluding carboxylic acids is 1. The Bertz CT molecular complexity index is 490. The molecule has 9 nitrogen and oxygen atoms in total. The molecule has 0 rings (SSSR count). The lowest BCUT2D eigenvalue weighted by atomic mass is 10.0. The van der Waals surface area contributed by atoms with Gasteiger partial charge in [0.05, 0.1) is 19.8 Å². The van der Waals surface area contributed by atoms with E-state index in [1.54, 1.807) is 0 Å². The summed E-state index contributed by atoms with van der Waals surface area (Å²) in [7, 11) is -4.73. The minimum absolute atomic E-state index is 0.257. The van der Waals surface area contributed by atoms with Gasteiger partial charge in [-0.2, -0.15) is 0 Å². The smallest absolute Gasteiger partial charge is 0.305 e. The second-order valence-electron chi connectivity index (χ2n) is 8.20. The maximum atomic E-state index is 11.7. The summed E-state index contributed by atoms with van der Waals surface area (Å²) in [4.78, 5) is 23.1. The quantitative estimate of drug-likeness (QED) is 0.113. The maximum Gasteiger partial charge on any atom is 0.305 e. The predicted molar refractivity (Wildman–Crippen MR) is 120 cm³/mol. The Morgan fingerprint density at radius 2 is 1.22 bits per heavy atom. The van der Waals surface area contributed by atoms with E-state index in [9.17, 15) is 19.4 Å². The Labute approximate surface area is 193 Å². The second kappa shape index (κ2) is 21.0. The van der Waals surface area contributed by atoms with E-state index in [1.807, 2.05) is 0 Å². The van der Waals surface area contributed by atoms with Crippen molar-refractivity contribution in [2.75, 3.05) is 26.4 Å². The third-order valence-corrected chi connectivity index (χ3v) is 5.91. The van der Waals surface area contributed by atoms with Crippen molar-refractivity contribution in [3.05, 3.63) is 0 Å². The largest absolute Gasteiger partial charge is 0.756 e. The number of esters is 1. The van der Waals surface area contributed by atoms with E-state index in [0.717, 1.165) is 19.3 Å². The van der Waals surface area contributed by atoms with Crippen molar-refractivity contribution in [3.8, 4) is 0 Å². The van der Waals surface area contributed by atoms with Gasteiger partial charge in [-0.05, 0) is 6.42 Å². The lowest BCUT2D eigenvalue weighted by Crippen LogP contribution is -2.26. The summed E-state index contributed by atoms with van der Waals surface area (Å²) in [6, 6.07) is 0. The zero-order valence-electron chi connectivity index (χ0n) is 19.6. The molecule has 0 aromatic rings. The molecule has 3 atom stereocenters. The van der Waals surface area contributed by atoms with Crippen LogP contribution in [0.1, 0.15) is 96.8 Å². The van der Waals surface area contributed by atoms with Crippen LogP contribution in [0.2, 0.25) is 0 Å². The molecule has 3 unspecified atom stereocenters. The van der Waals surface area contributed by atoms with Crippen LogP contribution in [0.25, 0.3) is 0 Å². The Hall–Kier alpha value is -0.540. The maximum absolute atomic E-state index is 11.7. The van der Waals surface area contributed by atoms with E-state index in [2.05, 4.69) is 16.0 Å². The molecule has 0 spiro atoms. The van der Waals surface area contributed by atoms with Crippen molar-refractivity contribution in [1.82, 2.24) is 0 Å². The van der Waals surface area contributed by atoms with Crippen molar-refractivity contribution in [2.24, 2.45) is 0 Å². The minimum Gasteiger partial charge on any atom is -0.756 e. The molecule has 0 radical (unpaired) electrons. The lowest BCUT2D eigenvalue weighted by molar-refractivity contribution is -0.229. The van der Waals surface area contributed by atoms with Crippen LogP contribution < -0.4 is 4.89 Å². The standard InChI is InChI=1S/C22H45O9P/c1-2-3-4-5-6-7-8-9-10-11-12-13-14-15-22(26)29-17-21(25)19-31-32(27,28)30-18-20(24)16-23/h20-21,23-25H,2-19H2,1H3,(H,27,28)/p-1. The molecule has 3 N–H and O–H groups in total. The summed E-state index contributed by atoms with van der Waals surface area (Å²) in [6.45, 7) is -0.0893. The van der Waals surface area contributed by atoms with Crippen molar-refractivity contribution < 1.29 is 43.4 Å². The Kier molecular flexibility index (Phi) is 20.7. The fourth-order valence-corrected chi connectivity index (χ4v) is 3.82. The first-order chi connectivity index (χ1) is 15.3. The van der Waals surface area contributed by atoms with Crippen LogP contribution in [0.3, 0.4) is 0 Å². The number of hydrogen-bond donors (Lipinski definition) is 3. The average Bonchev–Trinajstić information content (AvgIpc) is 2.77. The van der Waals surface area contributed by atoms with Crippen LogP contribution >= 0.6 is 7.82 Å². The van der Waals surface area contributed by atoms with Gasteiger partial charge in [-0.15, -0.1) is 0 Å². The summed E-state index contributed by atoms with van der Waals surface area (Å²) in [6.07, 6.45) is 13.4. The predicted octanol–water partition coefficient (Wildman–Crippen LogP) is 3.23. The zero-order chi connectivity index (χ0) is 24.1. The van der Waals surface area contributed by atoms with Crippen molar-refractivity contribution in [1.29, 1.82) is 0 Å². The highest BCUT2D eigenvalue weighted by Crippen LogP contribution is 2.38. The highest BCUT2D eigenvalue weighted by Gasteiger charge is 2.16. The molecule has 0 fully saturated rings. The van der Waals surface area contributed by atoms with Gasteiger partial charge in [-0.25, -0.2) is 0 Å². The molecular formula is C22H44O9P-. The Balaban J connectivity index is 3.54. The first kappa shape index (κ1) is 31.5. The van der Waals surface area contributed by atoms with Crippen molar-refractivity contribution in [3.63, 3.8) is 0 Å². The van der Waals surface area contributed by atoms with Gasteiger partial charge in [0.1, 0.15) is 18.8 Å². The van der Waals surface area contributed by atoms with Gasteiger partial charge in [0.15, 0.2) is 0 Å². The fourth-order valence-electron chi connectivity index (χ4n) is 3.04. The zero-order valence-corrected chi connectivity index (χ0v) is 20.5. The number of rotatable bonds is 23. The summed E-state index contributed by atoms with van der Waals surface area (Å²) in [5, 5.41) is 27.3. The molecule has 0 saturated heterocycles. The molecule has 0 amide bonds. The fraction of sp³-hybridized carbons (Fsp3) is 0.955. The van der Waals surface area contributed by atoms with Gasteiger partial charge < -0.3 is 34.0 Å². The summed E-state index contributed by atoms with van der Waals surface area (Å²) < 4.78 is 25.1. The van der Waals surface area contributed by atoms with Gasteiger partial charge in [0.2, 0.25) is 0 Å². The van der Waals surface area contributed by atoms with Crippen LogP contribution in [0, 0.1) is 0 Å². The molecule has 192 valence electrons. The van der Waals surface area contributed by atoms with E-state index < -0.39 is 45.8 Å². The van der Waals surface area contributed by atoms with Crippen LogP contribution in [-0.2, 0) is 23.1 Å². The molecule has 0 aliphatic rings. The molecule has 0 aliphatic carbocycles. The molecule has 32 heavy (non-hydrogen) atoms. The number of aliphatic hydroxyl groups excluding tert-OH is 3. The van der Waals surface area contributed by atoms with E-state index in [0.29, 0.717) is 0 Å². The molecule has 0 heterocycles. The summed E-state index contributed by atoms with van der Waals surface area (Å²) >= 11 is 0. The van der Waals surface area contributed by atoms with E-state index in [1.165, 1.54) is 64.2 Å². The number of aliphatic hydroxyl groups is 3. The monoisotopic (exact) mass is 483 g/mol. The molecule has 0 bridgehead atoms.